The number of anilines is 1. The number of benzene rings is 1. The van der Waals surface area contributed by atoms with Crippen molar-refractivity contribution in [1.29, 1.82) is 0 Å². The molecule has 2 amide bonds. The summed E-state index contributed by atoms with van der Waals surface area (Å²) in [7, 11) is -0.471. The summed E-state index contributed by atoms with van der Waals surface area (Å²) < 4.78 is 73.5. The smallest absolute Gasteiger partial charge is 0.413 e. The van der Waals surface area contributed by atoms with Gasteiger partial charge in [-0.05, 0) is 25.1 Å². The van der Waals surface area contributed by atoms with Crippen LogP contribution in [0.25, 0.3) is 11.0 Å². The van der Waals surface area contributed by atoms with Gasteiger partial charge in [0.15, 0.2) is 24.0 Å². The van der Waals surface area contributed by atoms with Crippen LogP contribution in [0, 0.1) is 0 Å². The molecule has 0 spiro atoms. The van der Waals surface area contributed by atoms with Crippen LogP contribution in [0.1, 0.15) is 18.9 Å². The number of furan rings is 1. The standard InChI is InChI=1S/C25H30F2N5O12P/c1-12(21(34)28-2)31-45(37,38)42-11-17-20(33)25(26,27)22(44-17)32-6-5-18(29-23(32)35)30-24(36)41-10-15-8-13-7-14(39-3)9-16(40-4)19(13)43-15/h5-9,12,17,20,22,33H,10-11H2,1-4H3,(H,28,34)(H2,31,37,38)(H,29,30,35,36)/t12-,17+,20+,22+/m0/s1. The second-order valence-electron chi connectivity index (χ2n) is 9.59. The van der Waals surface area contributed by atoms with Crippen LogP contribution in [-0.2, 0) is 30.0 Å². The van der Waals surface area contributed by atoms with Crippen molar-refractivity contribution in [1.82, 2.24) is 20.0 Å². The Bertz CT molecular complexity index is 1670. The number of carbonyl (C=O) groups excluding carboxylic acids is 2. The van der Waals surface area contributed by atoms with E-state index in [9.17, 15) is 37.7 Å². The van der Waals surface area contributed by atoms with E-state index in [1.54, 1.807) is 18.2 Å². The maximum absolute atomic E-state index is 14.9. The zero-order valence-electron chi connectivity index (χ0n) is 24.2. The maximum Gasteiger partial charge on any atom is 0.413 e. The molecule has 45 heavy (non-hydrogen) atoms. The summed E-state index contributed by atoms with van der Waals surface area (Å²) in [6, 6.07) is 4.73. The number of nitrogens with one attached hydrogen (secondary N) is 3. The molecule has 1 fully saturated rings. The third kappa shape index (κ3) is 7.58. The van der Waals surface area contributed by atoms with Gasteiger partial charge in [-0.25, -0.2) is 19.2 Å². The van der Waals surface area contributed by atoms with Crippen molar-refractivity contribution >= 4 is 36.5 Å². The van der Waals surface area contributed by atoms with Crippen molar-refractivity contribution in [3.63, 3.8) is 0 Å². The monoisotopic (exact) mass is 661 g/mol. The molecule has 20 heteroatoms. The lowest BCUT2D eigenvalue weighted by atomic mass is 10.1. The number of aliphatic hydroxyl groups is 1. The van der Waals surface area contributed by atoms with E-state index in [-0.39, 0.29) is 18.2 Å². The highest BCUT2D eigenvalue weighted by molar-refractivity contribution is 7.50. The lowest BCUT2D eigenvalue weighted by Gasteiger charge is -2.21. The Balaban J connectivity index is 1.37. The van der Waals surface area contributed by atoms with Gasteiger partial charge >= 0.3 is 25.5 Å². The van der Waals surface area contributed by atoms with Crippen molar-refractivity contribution in [2.45, 2.75) is 43.9 Å². The molecule has 1 aliphatic heterocycles. The van der Waals surface area contributed by atoms with Crippen LogP contribution < -0.4 is 30.9 Å². The summed E-state index contributed by atoms with van der Waals surface area (Å²) in [6.45, 7) is -0.0781. The van der Waals surface area contributed by atoms with Crippen LogP contribution >= 0.6 is 7.75 Å². The molecule has 0 radical (unpaired) electrons. The van der Waals surface area contributed by atoms with E-state index >= 15 is 0 Å². The van der Waals surface area contributed by atoms with Crippen LogP contribution in [0.3, 0.4) is 0 Å². The lowest BCUT2D eigenvalue weighted by Crippen LogP contribution is -2.42. The molecule has 1 unspecified atom stereocenters. The largest absolute Gasteiger partial charge is 0.497 e. The van der Waals surface area contributed by atoms with Crippen molar-refractivity contribution in [3.05, 3.63) is 46.7 Å². The number of nitrogens with zero attached hydrogens (tertiary/aromatic N) is 2. The van der Waals surface area contributed by atoms with Crippen molar-refractivity contribution in [2.24, 2.45) is 0 Å². The number of aliphatic hydroxyl groups excluding tert-OH is 1. The van der Waals surface area contributed by atoms with Crippen molar-refractivity contribution in [3.8, 4) is 11.5 Å². The van der Waals surface area contributed by atoms with E-state index in [2.05, 4.69) is 15.6 Å². The zero-order valence-corrected chi connectivity index (χ0v) is 25.1. The summed E-state index contributed by atoms with van der Waals surface area (Å²) >= 11 is 0. The van der Waals surface area contributed by atoms with E-state index in [4.69, 9.17) is 27.9 Å². The molecule has 5 atom stereocenters. The topological polar surface area (TPSA) is 222 Å². The molecule has 1 saturated heterocycles. The number of likely N-dealkylation sites (N-methyl/N-ethyl adjacent to an activating group) is 1. The lowest BCUT2D eigenvalue weighted by molar-refractivity contribution is -0.140. The molecule has 1 aliphatic rings. The number of rotatable bonds is 12. The molecule has 17 nitrogen and oxygen atoms in total. The van der Waals surface area contributed by atoms with Crippen LogP contribution in [0.4, 0.5) is 19.4 Å². The van der Waals surface area contributed by atoms with E-state index < -0.39 is 62.4 Å². The first-order chi connectivity index (χ1) is 21.2. The van der Waals surface area contributed by atoms with Gasteiger partial charge in [0.25, 0.3) is 0 Å². The summed E-state index contributed by atoms with van der Waals surface area (Å²) in [5.74, 6) is -3.91. The molecule has 5 N–H and O–H groups in total. The highest BCUT2D eigenvalue weighted by Gasteiger charge is 2.60. The van der Waals surface area contributed by atoms with Crippen molar-refractivity contribution in [2.75, 3.05) is 33.2 Å². The van der Waals surface area contributed by atoms with E-state index in [0.29, 0.717) is 27.0 Å². The molecule has 246 valence electrons. The Hall–Kier alpha value is -4.13. The number of halogens is 2. The third-order valence-corrected chi connectivity index (χ3v) is 7.72. The molecule has 0 bridgehead atoms. The van der Waals surface area contributed by atoms with Gasteiger partial charge in [-0.3, -0.25) is 19.2 Å². The van der Waals surface area contributed by atoms with Gasteiger partial charge in [-0.2, -0.15) is 13.8 Å². The predicted octanol–water partition coefficient (Wildman–Crippen LogP) is 1.49. The van der Waals surface area contributed by atoms with Gasteiger partial charge in [0, 0.05) is 24.7 Å². The number of ether oxygens (including phenoxy) is 4. The quantitative estimate of drug-likeness (QED) is 0.174. The SMILES string of the molecule is CNC(=O)[C@H](C)NP(=O)(O)OC[C@H]1O[C@@H](n2ccc(NC(=O)OCc3cc4cc(OC)cc(OC)c4o3)nc2=O)C(F)(F)[C@@H]1O. The molecule has 0 saturated carbocycles. The summed E-state index contributed by atoms with van der Waals surface area (Å²) in [5, 5.41) is 17.2. The van der Waals surface area contributed by atoms with Gasteiger partial charge in [0.05, 0.1) is 26.9 Å². The fourth-order valence-corrected chi connectivity index (χ4v) is 5.29. The van der Waals surface area contributed by atoms with Crippen LogP contribution in [0.5, 0.6) is 11.5 Å². The molecular formula is C25H30F2N5O12P. The van der Waals surface area contributed by atoms with Crippen LogP contribution in [0.2, 0.25) is 0 Å². The van der Waals surface area contributed by atoms with Crippen molar-refractivity contribution < 1.29 is 60.8 Å². The number of hydrogen-bond acceptors (Lipinski definition) is 12. The van der Waals surface area contributed by atoms with E-state index in [1.807, 2.05) is 5.09 Å². The molecule has 0 aliphatic carbocycles. The number of methoxy groups -OCH3 is 2. The molecule has 3 aromatic rings. The molecule has 3 heterocycles. The van der Waals surface area contributed by atoms with E-state index in [0.717, 1.165) is 12.3 Å². The fraction of sp³-hybridized carbons (Fsp3) is 0.440. The minimum absolute atomic E-state index is 0.252. The number of alkyl halides is 2. The number of aromatic nitrogens is 2. The Labute approximate surface area is 252 Å². The molecule has 2 aromatic heterocycles. The van der Waals surface area contributed by atoms with Gasteiger partial charge < -0.3 is 38.7 Å². The molecule has 1 aromatic carbocycles. The Morgan fingerprint density at radius 2 is 1.98 bits per heavy atom. The first-order valence-corrected chi connectivity index (χ1v) is 14.6. The first-order valence-electron chi connectivity index (χ1n) is 13.0. The first kappa shape index (κ1) is 33.8. The zero-order chi connectivity index (χ0) is 33.1. The molecule has 4 rings (SSSR count). The average Bonchev–Trinajstić information content (AvgIpc) is 3.51. The van der Waals surface area contributed by atoms with Gasteiger partial charge in [0.1, 0.15) is 23.4 Å². The second kappa shape index (κ2) is 13.5. The number of carbonyl (C=O) groups is 2. The Kier molecular flexibility index (Phi) is 10.1. The minimum atomic E-state index is -4.70. The minimum Gasteiger partial charge on any atom is -0.497 e. The number of hydrogen-bond donors (Lipinski definition) is 5. The summed E-state index contributed by atoms with van der Waals surface area (Å²) in [6.07, 6.45) is -7.02. The van der Waals surface area contributed by atoms with Gasteiger partial charge in [0.2, 0.25) is 12.1 Å². The normalized spacial score (nSPS) is 21.1. The third-order valence-electron chi connectivity index (χ3n) is 6.51. The van der Waals surface area contributed by atoms with Gasteiger partial charge in [-0.15, -0.1) is 0 Å². The Morgan fingerprint density at radius 3 is 2.62 bits per heavy atom. The summed E-state index contributed by atoms with van der Waals surface area (Å²) in [4.78, 5) is 49.9. The van der Waals surface area contributed by atoms with Crippen LogP contribution in [-0.4, -0.2) is 83.6 Å². The Morgan fingerprint density at radius 1 is 1.24 bits per heavy atom. The second-order valence-corrected chi connectivity index (χ2v) is 11.1. The maximum atomic E-state index is 14.9. The molecular weight excluding hydrogens is 631 g/mol. The highest BCUT2D eigenvalue weighted by Crippen LogP contribution is 2.45. The average molecular weight is 662 g/mol. The number of amides is 2. The number of fused-ring (bicyclic) bond motifs is 1. The van der Waals surface area contributed by atoms with E-state index in [1.165, 1.54) is 28.2 Å². The fourth-order valence-electron chi connectivity index (χ4n) is 4.26. The summed E-state index contributed by atoms with van der Waals surface area (Å²) in [5.41, 5.74) is -0.899. The van der Waals surface area contributed by atoms with Gasteiger partial charge in [-0.1, -0.05) is 0 Å². The van der Waals surface area contributed by atoms with Crippen LogP contribution in [0.15, 0.2) is 39.7 Å². The predicted molar refractivity (Wildman–Crippen MR) is 149 cm³/mol. The highest BCUT2D eigenvalue weighted by atomic mass is 31.2.